The minimum atomic E-state index is -1.26. The van der Waals surface area contributed by atoms with Crippen molar-refractivity contribution < 1.29 is 4.21 Å². The van der Waals surface area contributed by atoms with E-state index in [4.69, 9.17) is 0 Å². The summed E-state index contributed by atoms with van der Waals surface area (Å²) in [7, 11) is -1.26. The van der Waals surface area contributed by atoms with Crippen molar-refractivity contribution in [1.82, 2.24) is 14.8 Å². The summed E-state index contributed by atoms with van der Waals surface area (Å²) in [6.45, 7) is 3.90. The molecule has 0 fully saturated rings. The maximum absolute atomic E-state index is 12.6. The molecule has 4 nitrogen and oxygen atoms in total. The summed E-state index contributed by atoms with van der Waals surface area (Å²) >= 11 is 0. The molecule has 1 unspecified atom stereocenters. The molecule has 19 heavy (non-hydrogen) atoms. The first-order chi connectivity index (χ1) is 9.16. The molecule has 2 aromatic heterocycles. The number of aromatic nitrogens is 3. The Morgan fingerprint density at radius 2 is 1.79 bits per heavy atom. The van der Waals surface area contributed by atoms with Gasteiger partial charge in [0.05, 0.1) is 11.2 Å². The minimum Gasteiger partial charge on any atom is -0.247 e. The molecular weight excluding hydrogens is 258 g/mol. The van der Waals surface area contributed by atoms with Crippen LogP contribution in [0.2, 0.25) is 0 Å². The van der Waals surface area contributed by atoms with Crippen LogP contribution in [0.1, 0.15) is 11.3 Å². The fourth-order valence-electron chi connectivity index (χ4n) is 1.93. The number of nitrogens with zero attached hydrogens (tertiary/aromatic N) is 3. The molecule has 0 amide bonds. The number of hydrogen-bond acceptors (Lipinski definition) is 3. The number of pyridine rings is 1. The van der Waals surface area contributed by atoms with E-state index in [0.717, 1.165) is 21.7 Å². The first-order valence-electron chi connectivity index (χ1n) is 5.96. The van der Waals surface area contributed by atoms with Gasteiger partial charge in [-0.2, -0.15) is 0 Å². The maximum atomic E-state index is 12.6. The Morgan fingerprint density at radius 3 is 2.53 bits per heavy atom. The van der Waals surface area contributed by atoms with Crippen molar-refractivity contribution in [3.8, 4) is 0 Å². The summed E-state index contributed by atoms with van der Waals surface area (Å²) in [6.07, 6.45) is 0. The third kappa shape index (κ3) is 2.06. The molecule has 5 heteroatoms. The van der Waals surface area contributed by atoms with Gasteiger partial charge >= 0.3 is 0 Å². The highest BCUT2D eigenvalue weighted by atomic mass is 32.2. The highest BCUT2D eigenvalue weighted by Gasteiger charge is 2.13. The first kappa shape index (κ1) is 12.0. The van der Waals surface area contributed by atoms with Crippen molar-refractivity contribution in [1.29, 1.82) is 0 Å². The van der Waals surface area contributed by atoms with Gasteiger partial charge in [-0.3, -0.25) is 0 Å². The standard InChI is InChI=1S/C14H13N3OS/c1-10-6-8-12(9-7-10)19(18)14-5-3-4-13-11(2)15-16-17(13)14/h3-9H,1-2H3. The number of hydrogen-bond donors (Lipinski definition) is 0. The fourth-order valence-corrected chi connectivity index (χ4v) is 3.05. The van der Waals surface area contributed by atoms with Gasteiger partial charge in [0.1, 0.15) is 15.8 Å². The van der Waals surface area contributed by atoms with Crippen LogP contribution in [0, 0.1) is 13.8 Å². The van der Waals surface area contributed by atoms with E-state index in [2.05, 4.69) is 10.3 Å². The van der Waals surface area contributed by atoms with Gasteiger partial charge in [0.2, 0.25) is 0 Å². The Hall–Kier alpha value is -2.01. The topological polar surface area (TPSA) is 47.3 Å². The summed E-state index contributed by atoms with van der Waals surface area (Å²) in [5.74, 6) is 0. The van der Waals surface area contributed by atoms with Crippen molar-refractivity contribution in [3.05, 3.63) is 53.7 Å². The minimum absolute atomic E-state index is 0.641. The zero-order valence-electron chi connectivity index (χ0n) is 10.7. The van der Waals surface area contributed by atoms with Gasteiger partial charge < -0.3 is 0 Å². The van der Waals surface area contributed by atoms with Crippen molar-refractivity contribution in [2.75, 3.05) is 0 Å². The van der Waals surface area contributed by atoms with Crippen LogP contribution in [0.25, 0.3) is 5.52 Å². The maximum Gasteiger partial charge on any atom is 0.136 e. The van der Waals surface area contributed by atoms with Crippen LogP contribution < -0.4 is 0 Å². The predicted molar refractivity (Wildman–Crippen MR) is 73.6 cm³/mol. The van der Waals surface area contributed by atoms with Gasteiger partial charge in [-0.15, -0.1) is 5.10 Å². The van der Waals surface area contributed by atoms with Gasteiger partial charge in [-0.1, -0.05) is 29.0 Å². The van der Waals surface area contributed by atoms with Gasteiger partial charge in [0.25, 0.3) is 0 Å². The zero-order chi connectivity index (χ0) is 13.4. The third-order valence-electron chi connectivity index (χ3n) is 3.01. The lowest BCUT2D eigenvalue weighted by Crippen LogP contribution is -2.02. The van der Waals surface area contributed by atoms with Crippen molar-refractivity contribution in [2.24, 2.45) is 0 Å². The molecule has 1 atom stereocenters. The zero-order valence-corrected chi connectivity index (χ0v) is 11.5. The molecule has 3 rings (SSSR count). The molecule has 0 spiro atoms. The van der Waals surface area contributed by atoms with Crippen LogP contribution in [-0.2, 0) is 10.8 Å². The Balaban J connectivity index is 2.14. The number of rotatable bonds is 2. The van der Waals surface area contributed by atoms with Gasteiger partial charge in [0, 0.05) is 4.90 Å². The van der Waals surface area contributed by atoms with E-state index in [-0.39, 0.29) is 0 Å². The molecule has 1 aromatic carbocycles. The Morgan fingerprint density at radius 1 is 1.05 bits per heavy atom. The quantitative estimate of drug-likeness (QED) is 0.719. The van der Waals surface area contributed by atoms with Crippen molar-refractivity contribution >= 4 is 16.3 Å². The lowest BCUT2D eigenvalue weighted by atomic mass is 10.2. The summed E-state index contributed by atoms with van der Waals surface area (Å²) in [5, 5.41) is 8.72. The molecule has 0 bridgehead atoms. The smallest absolute Gasteiger partial charge is 0.136 e. The molecule has 0 aliphatic heterocycles. The van der Waals surface area contributed by atoms with E-state index in [1.807, 2.05) is 56.3 Å². The summed E-state index contributed by atoms with van der Waals surface area (Å²) in [5.41, 5.74) is 2.87. The van der Waals surface area contributed by atoms with Crippen LogP contribution in [0.4, 0.5) is 0 Å². The van der Waals surface area contributed by atoms with E-state index < -0.39 is 10.8 Å². The number of aryl methyl sites for hydroxylation is 2. The molecule has 0 N–H and O–H groups in total. The van der Waals surface area contributed by atoms with Crippen LogP contribution in [0.15, 0.2) is 52.4 Å². The second kappa shape index (κ2) is 4.59. The molecular formula is C14H13N3OS. The van der Waals surface area contributed by atoms with Crippen LogP contribution >= 0.6 is 0 Å². The molecule has 0 saturated heterocycles. The van der Waals surface area contributed by atoms with E-state index in [1.165, 1.54) is 0 Å². The second-order valence-electron chi connectivity index (χ2n) is 4.42. The largest absolute Gasteiger partial charge is 0.247 e. The van der Waals surface area contributed by atoms with Crippen LogP contribution in [-0.4, -0.2) is 19.0 Å². The van der Waals surface area contributed by atoms with Gasteiger partial charge in [-0.05, 0) is 38.1 Å². The second-order valence-corrected chi connectivity index (χ2v) is 5.84. The van der Waals surface area contributed by atoms with Gasteiger partial charge in [-0.25, -0.2) is 8.72 Å². The summed E-state index contributed by atoms with van der Waals surface area (Å²) in [6, 6.07) is 13.3. The number of fused-ring (bicyclic) bond motifs is 1. The average molecular weight is 271 g/mol. The monoisotopic (exact) mass is 271 g/mol. The van der Waals surface area contributed by atoms with E-state index in [9.17, 15) is 4.21 Å². The summed E-state index contributed by atoms with van der Waals surface area (Å²) < 4.78 is 14.2. The first-order valence-corrected chi connectivity index (χ1v) is 7.11. The van der Waals surface area contributed by atoms with E-state index in [0.29, 0.717) is 5.03 Å². The molecule has 0 aliphatic carbocycles. The molecule has 0 radical (unpaired) electrons. The molecule has 2 heterocycles. The van der Waals surface area contributed by atoms with Crippen molar-refractivity contribution in [2.45, 2.75) is 23.8 Å². The Bertz CT molecular complexity index is 762. The van der Waals surface area contributed by atoms with E-state index in [1.54, 1.807) is 4.52 Å². The highest BCUT2D eigenvalue weighted by molar-refractivity contribution is 7.85. The van der Waals surface area contributed by atoms with Crippen molar-refractivity contribution in [3.63, 3.8) is 0 Å². The SMILES string of the molecule is Cc1ccc(S(=O)c2cccc3c(C)nnn23)cc1. The normalized spacial score (nSPS) is 12.7. The average Bonchev–Trinajstić information content (AvgIpc) is 2.81. The molecule has 3 aromatic rings. The molecule has 0 saturated carbocycles. The summed E-state index contributed by atoms with van der Waals surface area (Å²) in [4.78, 5) is 0.770. The molecule has 0 aliphatic rings. The molecule has 96 valence electrons. The Kier molecular flexibility index (Phi) is 2.91. The van der Waals surface area contributed by atoms with Crippen LogP contribution in [0.3, 0.4) is 0 Å². The lowest BCUT2D eigenvalue weighted by Gasteiger charge is -2.04. The van der Waals surface area contributed by atoms with Crippen LogP contribution in [0.5, 0.6) is 0 Å². The lowest BCUT2D eigenvalue weighted by molar-refractivity contribution is 0.672. The Labute approximate surface area is 113 Å². The van der Waals surface area contributed by atoms with Gasteiger partial charge in [0.15, 0.2) is 0 Å². The predicted octanol–water partition coefficient (Wildman–Crippen LogP) is 2.51. The number of benzene rings is 1. The third-order valence-corrected chi connectivity index (χ3v) is 4.40. The van der Waals surface area contributed by atoms with E-state index >= 15 is 0 Å². The highest BCUT2D eigenvalue weighted by Crippen LogP contribution is 2.18. The fraction of sp³-hybridized carbons (Fsp3) is 0.143.